The number of aromatic nitrogens is 1. The summed E-state index contributed by atoms with van der Waals surface area (Å²) in [6.07, 6.45) is 3.95. The van der Waals surface area contributed by atoms with Gasteiger partial charge in [0.2, 0.25) is 0 Å². The van der Waals surface area contributed by atoms with E-state index < -0.39 is 0 Å². The average Bonchev–Trinajstić information content (AvgIpc) is 2.54. The smallest absolute Gasteiger partial charge is 0.181 e. The van der Waals surface area contributed by atoms with Crippen molar-refractivity contribution in [3.63, 3.8) is 0 Å². The van der Waals surface area contributed by atoms with Crippen LogP contribution in [-0.4, -0.2) is 23.4 Å². The predicted molar refractivity (Wildman–Crippen MR) is 80.5 cm³/mol. The van der Waals surface area contributed by atoms with Crippen LogP contribution < -0.4 is 10.1 Å². The molecule has 1 N–H and O–H groups in total. The molecule has 0 radical (unpaired) electrons. The molecule has 3 rings (SSSR count). The zero-order valence-corrected chi connectivity index (χ0v) is 12.0. The summed E-state index contributed by atoms with van der Waals surface area (Å²) >= 11 is 0. The highest BCUT2D eigenvalue weighted by Gasteiger charge is 2.25. The van der Waals surface area contributed by atoms with E-state index in [1.54, 1.807) is 18.5 Å². The fourth-order valence-corrected chi connectivity index (χ4v) is 2.64. The van der Waals surface area contributed by atoms with E-state index in [0.29, 0.717) is 24.3 Å². The molecule has 0 spiro atoms. The minimum Gasteiger partial charge on any atom is -0.492 e. The molecule has 21 heavy (non-hydrogen) atoms. The van der Waals surface area contributed by atoms with Crippen molar-refractivity contribution in [2.24, 2.45) is 0 Å². The largest absolute Gasteiger partial charge is 0.492 e. The lowest BCUT2D eigenvalue weighted by atomic mass is 9.92. The number of rotatable bonds is 4. The van der Waals surface area contributed by atoms with Crippen LogP contribution in [0.25, 0.3) is 0 Å². The normalized spacial score (nSPS) is 17.1. The molecule has 1 unspecified atom stereocenters. The van der Waals surface area contributed by atoms with Crippen LogP contribution in [0.2, 0.25) is 0 Å². The standard InChI is InChI=1S/C17H18N2O2/c1-2-21-15-7-14(9-18-11-15)17(20)16-8-12-5-3-4-6-13(12)10-19-16/h3-7,9,11,16,19H,2,8,10H2,1H3. The number of nitrogens with zero attached hydrogens (tertiary/aromatic N) is 1. The van der Waals surface area contributed by atoms with E-state index in [0.717, 1.165) is 6.54 Å². The predicted octanol–water partition coefficient (Wildman–Crippen LogP) is 2.38. The van der Waals surface area contributed by atoms with Crippen LogP contribution in [-0.2, 0) is 13.0 Å². The van der Waals surface area contributed by atoms with E-state index in [1.165, 1.54) is 11.1 Å². The molecule has 108 valence electrons. The lowest BCUT2D eigenvalue weighted by Gasteiger charge is -2.25. The Morgan fingerprint density at radius 2 is 2.14 bits per heavy atom. The van der Waals surface area contributed by atoms with E-state index in [2.05, 4.69) is 22.4 Å². The Morgan fingerprint density at radius 1 is 1.33 bits per heavy atom. The number of hydrogen-bond donors (Lipinski definition) is 1. The Kier molecular flexibility index (Phi) is 3.97. The number of ketones is 1. The summed E-state index contributed by atoms with van der Waals surface area (Å²) in [5, 5.41) is 3.31. The third kappa shape index (κ3) is 2.95. The summed E-state index contributed by atoms with van der Waals surface area (Å²) < 4.78 is 5.41. The maximum atomic E-state index is 12.6. The van der Waals surface area contributed by atoms with Gasteiger partial charge in [0.1, 0.15) is 5.75 Å². The highest BCUT2D eigenvalue weighted by atomic mass is 16.5. The Morgan fingerprint density at radius 3 is 2.95 bits per heavy atom. The monoisotopic (exact) mass is 282 g/mol. The number of carbonyl (C=O) groups excluding carboxylic acids is 1. The van der Waals surface area contributed by atoms with Crippen molar-refractivity contribution >= 4 is 5.78 Å². The van der Waals surface area contributed by atoms with E-state index >= 15 is 0 Å². The summed E-state index contributed by atoms with van der Waals surface area (Å²) in [5.41, 5.74) is 3.10. The van der Waals surface area contributed by atoms with Crippen molar-refractivity contribution < 1.29 is 9.53 Å². The number of carbonyl (C=O) groups is 1. The average molecular weight is 282 g/mol. The number of pyridine rings is 1. The Labute approximate surface area is 124 Å². The summed E-state index contributed by atoms with van der Waals surface area (Å²) in [5.74, 6) is 0.707. The topological polar surface area (TPSA) is 51.2 Å². The van der Waals surface area contributed by atoms with Crippen LogP contribution in [0.1, 0.15) is 28.4 Å². The molecule has 0 amide bonds. The van der Waals surface area contributed by atoms with Gasteiger partial charge in [0, 0.05) is 18.3 Å². The zero-order valence-electron chi connectivity index (χ0n) is 12.0. The van der Waals surface area contributed by atoms with Crippen molar-refractivity contribution in [2.45, 2.75) is 25.9 Å². The Bertz CT molecular complexity index is 655. The van der Waals surface area contributed by atoms with Crippen molar-refractivity contribution in [1.82, 2.24) is 10.3 Å². The van der Waals surface area contributed by atoms with Gasteiger partial charge < -0.3 is 10.1 Å². The molecular weight excluding hydrogens is 264 g/mol. The van der Waals surface area contributed by atoms with Crippen LogP contribution in [0.15, 0.2) is 42.7 Å². The number of benzene rings is 1. The van der Waals surface area contributed by atoms with Gasteiger partial charge in [0.15, 0.2) is 5.78 Å². The number of fused-ring (bicyclic) bond motifs is 1. The molecule has 4 nitrogen and oxygen atoms in total. The van der Waals surface area contributed by atoms with Gasteiger partial charge in [-0.25, -0.2) is 0 Å². The highest BCUT2D eigenvalue weighted by Crippen LogP contribution is 2.20. The molecule has 4 heteroatoms. The molecule has 0 fully saturated rings. The van der Waals surface area contributed by atoms with Crippen LogP contribution >= 0.6 is 0 Å². The molecule has 1 aromatic carbocycles. The number of hydrogen-bond acceptors (Lipinski definition) is 4. The Hall–Kier alpha value is -2.20. The lowest BCUT2D eigenvalue weighted by Crippen LogP contribution is -2.41. The molecule has 2 heterocycles. The second-order valence-electron chi connectivity index (χ2n) is 5.11. The molecule has 1 aromatic heterocycles. The Balaban J connectivity index is 1.79. The fraction of sp³-hybridized carbons (Fsp3) is 0.294. The highest BCUT2D eigenvalue weighted by molar-refractivity contribution is 6.00. The van der Waals surface area contributed by atoms with Gasteiger partial charge in [-0.1, -0.05) is 24.3 Å². The van der Waals surface area contributed by atoms with Gasteiger partial charge in [-0.3, -0.25) is 9.78 Å². The van der Waals surface area contributed by atoms with E-state index in [-0.39, 0.29) is 11.8 Å². The molecule has 1 aliphatic heterocycles. The second kappa shape index (κ2) is 6.06. The number of ether oxygens (including phenoxy) is 1. The molecule has 1 atom stereocenters. The van der Waals surface area contributed by atoms with Gasteiger partial charge in [0.05, 0.1) is 18.8 Å². The molecule has 0 saturated carbocycles. The first-order chi connectivity index (χ1) is 10.3. The van der Waals surface area contributed by atoms with Crippen LogP contribution in [0.4, 0.5) is 0 Å². The third-order valence-electron chi connectivity index (χ3n) is 3.71. The van der Waals surface area contributed by atoms with Crippen molar-refractivity contribution in [3.8, 4) is 5.75 Å². The first kappa shape index (κ1) is 13.8. The SMILES string of the molecule is CCOc1cncc(C(=O)C2Cc3ccccc3CN2)c1. The van der Waals surface area contributed by atoms with Crippen molar-refractivity contribution in [3.05, 3.63) is 59.4 Å². The molecular formula is C17H18N2O2. The lowest BCUT2D eigenvalue weighted by molar-refractivity contribution is 0.0937. The third-order valence-corrected chi connectivity index (χ3v) is 3.71. The van der Waals surface area contributed by atoms with E-state index in [9.17, 15) is 4.79 Å². The minimum atomic E-state index is -0.196. The van der Waals surface area contributed by atoms with Gasteiger partial charge in [-0.05, 0) is 30.5 Å². The molecule has 0 saturated heterocycles. The summed E-state index contributed by atoms with van der Waals surface area (Å²) in [7, 11) is 0. The summed E-state index contributed by atoms with van der Waals surface area (Å²) in [6, 6.07) is 9.80. The first-order valence-corrected chi connectivity index (χ1v) is 7.20. The van der Waals surface area contributed by atoms with E-state index in [4.69, 9.17) is 4.74 Å². The van der Waals surface area contributed by atoms with Crippen molar-refractivity contribution in [2.75, 3.05) is 6.61 Å². The number of nitrogens with one attached hydrogen (secondary N) is 1. The van der Waals surface area contributed by atoms with Crippen molar-refractivity contribution in [1.29, 1.82) is 0 Å². The van der Waals surface area contributed by atoms with Crippen LogP contribution in [0.5, 0.6) is 5.75 Å². The molecule has 2 aromatic rings. The second-order valence-corrected chi connectivity index (χ2v) is 5.11. The van der Waals surface area contributed by atoms with Gasteiger partial charge >= 0.3 is 0 Å². The fourth-order valence-electron chi connectivity index (χ4n) is 2.64. The van der Waals surface area contributed by atoms with Crippen LogP contribution in [0, 0.1) is 0 Å². The van der Waals surface area contributed by atoms with Crippen LogP contribution in [0.3, 0.4) is 0 Å². The first-order valence-electron chi connectivity index (χ1n) is 7.20. The van der Waals surface area contributed by atoms with Gasteiger partial charge in [0.25, 0.3) is 0 Å². The zero-order chi connectivity index (χ0) is 14.7. The summed E-state index contributed by atoms with van der Waals surface area (Å²) in [6.45, 7) is 3.20. The molecule has 0 bridgehead atoms. The maximum absolute atomic E-state index is 12.6. The van der Waals surface area contributed by atoms with Gasteiger partial charge in [-0.2, -0.15) is 0 Å². The van der Waals surface area contributed by atoms with E-state index in [1.807, 2.05) is 19.1 Å². The molecule has 1 aliphatic rings. The molecule has 0 aliphatic carbocycles. The van der Waals surface area contributed by atoms with Gasteiger partial charge in [-0.15, -0.1) is 0 Å². The maximum Gasteiger partial charge on any atom is 0.181 e. The quantitative estimate of drug-likeness (QED) is 0.875. The minimum absolute atomic E-state index is 0.0681. The number of Topliss-reactive ketones (excluding diaryl/α,β-unsaturated/α-hetero) is 1. The summed E-state index contributed by atoms with van der Waals surface area (Å²) in [4.78, 5) is 16.7.